The summed E-state index contributed by atoms with van der Waals surface area (Å²) in [5, 5.41) is 10.2. The third-order valence-corrected chi connectivity index (χ3v) is 8.30. The second-order valence-electron chi connectivity index (χ2n) is 9.07. The van der Waals surface area contributed by atoms with E-state index < -0.39 is 5.92 Å². The molecule has 0 radical (unpaired) electrons. The van der Waals surface area contributed by atoms with Crippen LogP contribution in [0.2, 0.25) is 0 Å². The lowest BCUT2D eigenvalue weighted by Crippen LogP contribution is -2.42. The zero-order valence-electron chi connectivity index (χ0n) is 18.6. The van der Waals surface area contributed by atoms with Crippen molar-refractivity contribution in [3.05, 3.63) is 69.0 Å². The second-order valence-corrected chi connectivity index (χ2v) is 11.4. The van der Waals surface area contributed by atoms with Crippen molar-refractivity contribution < 1.29 is 4.79 Å². The number of ketones is 1. The normalized spacial score (nSPS) is 20.7. The number of thioether (sulfide) groups is 1. The van der Waals surface area contributed by atoms with E-state index in [1.54, 1.807) is 23.1 Å². The summed E-state index contributed by atoms with van der Waals surface area (Å²) < 4.78 is 1.14. The molecule has 160 valence electrons. The van der Waals surface area contributed by atoms with Gasteiger partial charge in [0, 0.05) is 22.6 Å². The molecule has 1 aliphatic carbocycles. The molecule has 1 atom stereocenters. The number of thiophene rings is 1. The van der Waals surface area contributed by atoms with Crippen molar-refractivity contribution in [1.29, 1.82) is 5.26 Å². The average molecular weight is 450 g/mol. The number of para-hydroxylation sites is 1. The number of benzene rings is 1. The third-order valence-electron chi connectivity index (χ3n) is 6.08. The van der Waals surface area contributed by atoms with Gasteiger partial charge in [0.25, 0.3) is 0 Å². The van der Waals surface area contributed by atoms with Crippen LogP contribution in [0, 0.1) is 30.6 Å². The van der Waals surface area contributed by atoms with Gasteiger partial charge >= 0.3 is 0 Å². The Hall–Kier alpha value is -2.49. The zero-order valence-corrected chi connectivity index (χ0v) is 20.2. The second kappa shape index (κ2) is 7.89. The van der Waals surface area contributed by atoms with Crippen molar-refractivity contribution in [3.8, 4) is 6.07 Å². The van der Waals surface area contributed by atoms with Crippen molar-refractivity contribution in [3.63, 3.8) is 0 Å². The van der Waals surface area contributed by atoms with Gasteiger partial charge in [0.1, 0.15) is 5.82 Å². The maximum Gasteiger partial charge on any atom is 0.162 e. The number of anilines is 1. The standard InChI is InChI=1S/C25H27N3OS2/c1-14-8-6-7-9-18(14)28-19-11-25(3,4)12-20(29)22(19)21(17(13-26)23(28)27)16-10-15(2)31-24(16)30-5/h6-10,21H,11-12,27H2,1-5H3. The van der Waals surface area contributed by atoms with Crippen molar-refractivity contribution in [2.75, 3.05) is 11.2 Å². The first-order valence-corrected chi connectivity index (χ1v) is 12.4. The molecule has 2 aromatic rings. The molecule has 2 aliphatic rings. The minimum atomic E-state index is -0.406. The average Bonchev–Trinajstić information content (AvgIpc) is 3.07. The molecular formula is C25H27N3OS2. The molecule has 4 nitrogen and oxygen atoms in total. The smallest absolute Gasteiger partial charge is 0.162 e. The molecule has 0 bridgehead atoms. The Morgan fingerprint density at radius 2 is 1.97 bits per heavy atom. The van der Waals surface area contributed by atoms with E-state index in [1.807, 2.05) is 42.3 Å². The van der Waals surface area contributed by atoms with E-state index in [0.717, 1.165) is 38.7 Å². The molecule has 1 aromatic carbocycles. The molecule has 0 saturated carbocycles. The fourth-order valence-electron chi connectivity index (χ4n) is 4.78. The van der Waals surface area contributed by atoms with Crippen molar-refractivity contribution >= 4 is 34.6 Å². The van der Waals surface area contributed by atoms with Crippen LogP contribution >= 0.6 is 23.1 Å². The SMILES string of the molecule is CSc1sc(C)cc1C1C(C#N)=C(N)N(c2ccccc2C)C2=C1C(=O)CC(C)(C)C2. The molecule has 1 aromatic heterocycles. The molecule has 1 aliphatic heterocycles. The van der Waals surface area contributed by atoms with Gasteiger partial charge < -0.3 is 5.73 Å². The van der Waals surface area contributed by atoms with Crippen LogP contribution in [0.3, 0.4) is 0 Å². The lowest BCUT2D eigenvalue weighted by molar-refractivity contribution is -0.118. The van der Waals surface area contributed by atoms with Crippen LogP contribution in [-0.2, 0) is 4.79 Å². The first-order valence-electron chi connectivity index (χ1n) is 10.3. The van der Waals surface area contributed by atoms with Gasteiger partial charge in [0.05, 0.1) is 27.5 Å². The van der Waals surface area contributed by atoms with Gasteiger partial charge in [-0.15, -0.1) is 23.1 Å². The Kier molecular flexibility index (Phi) is 5.53. The van der Waals surface area contributed by atoms with E-state index in [9.17, 15) is 10.1 Å². The van der Waals surface area contributed by atoms with Crippen molar-refractivity contribution in [2.24, 2.45) is 11.1 Å². The van der Waals surface area contributed by atoms with Gasteiger partial charge in [0.2, 0.25) is 0 Å². The van der Waals surface area contributed by atoms with Gasteiger partial charge in [-0.1, -0.05) is 32.0 Å². The topological polar surface area (TPSA) is 70.1 Å². The Labute approximate surface area is 192 Å². The Balaban J connectivity index is 2.04. The number of carbonyl (C=O) groups excluding carboxylic acids is 1. The van der Waals surface area contributed by atoms with Gasteiger partial charge in [-0.05, 0) is 55.2 Å². The van der Waals surface area contributed by atoms with Crippen LogP contribution in [0.1, 0.15) is 48.6 Å². The van der Waals surface area contributed by atoms with Crippen LogP contribution in [0.25, 0.3) is 0 Å². The zero-order chi connectivity index (χ0) is 22.5. The highest BCUT2D eigenvalue weighted by Gasteiger charge is 2.45. The van der Waals surface area contributed by atoms with Gasteiger partial charge in [-0.25, -0.2) is 0 Å². The van der Waals surface area contributed by atoms with Gasteiger partial charge in [0.15, 0.2) is 5.78 Å². The molecule has 0 spiro atoms. The number of hydrogen-bond acceptors (Lipinski definition) is 6. The van der Waals surface area contributed by atoms with E-state index in [0.29, 0.717) is 17.8 Å². The highest BCUT2D eigenvalue weighted by Crippen LogP contribution is 2.52. The number of Topliss-reactive ketones (excluding diaryl/α,β-unsaturated/α-hetero) is 1. The minimum Gasteiger partial charge on any atom is -0.384 e. The van der Waals surface area contributed by atoms with E-state index in [2.05, 4.69) is 32.9 Å². The summed E-state index contributed by atoms with van der Waals surface area (Å²) in [5.41, 5.74) is 11.7. The first kappa shape index (κ1) is 21.7. The lowest BCUT2D eigenvalue weighted by Gasteiger charge is -2.44. The summed E-state index contributed by atoms with van der Waals surface area (Å²) in [7, 11) is 0. The molecule has 0 saturated heterocycles. The summed E-state index contributed by atoms with van der Waals surface area (Å²) in [6, 6.07) is 12.5. The van der Waals surface area contributed by atoms with Crippen molar-refractivity contribution in [2.45, 2.75) is 50.7 Å². The number of rotatable bonds is 3. The van der Waals surface area contributed by atoms with Crippen LogP contribution in [-0.4, -0.2) is 12.0 Å². The molecule has 0 fully saturated rings. The molecular weight excluding hydrogens is 422 g/mol. The number of hydrogen-bond donors (Lipinski definition) is 1. The van der Waals surface area contributed by atoms with Gasteiger partial charge in [-0.2, -0.15) is 5.26 Å². The number of nitriles is 1. The molecule has 1 unspecified atom stereocenters. The predicted molar refractivity (Wildman–Crippen MR) is 129 cm³/mol. The Morgan fingerprint density at radius 3 is 2.61 bits per heavy atom. The summed E-state index contributed by atoms with van der Waals surface area (Å²) in [6.07, 6.45) is 3.24. The highest BCUT2D eigenvalue weighted by molar-refractivity contribution is 8.00. The van der Waals surface area contributed by atoms with Crippen LogP contribution in [0.4, 0.5) is 5.69 Å². The first-order chi connectivity index (χ1) is 14.7. The molecule has 2 heterocycles. The monoisotopic (exact) mass is 449 g/mol. The number of allylic oxidation sites excluding steroid dienone is 3. The highest BCUT2D eigenvalue weighted by atomic mass is 32.2. The lowest BCUT2D eigenvalue weighted by atomic mass is 9.69. The summed E-state index contributed by atoms with van der Waals surface area (Å²) >= 11 is 3.37. The number of nitrogens with two attached hydrogens (primary N) is 1. The number of aryl methyl sites for hydroxylation is 2. The quantitative estimate of drug-likeness (QED) is 0.580. The molecule has 31 heavy (non-hydrogen) atoms. The molecule has 6 heteroatoms. The van der Waals surface area contributed by atoms with Gasteiger partial charge in [-0.3, -0.25) is 9.69 Å². The van der Waals surface area contributed by atoms with E-state index in [4.69, 9.17) is 5.73 Å². The Morgan fingerprint density at radius 1 is 1.26 bits per heavy atom. The fourth-order valence-corrected chi connectivity index (χ4v) is 6.70. The number of carbonyl (C=O) groups is 1. The fraction of sp³-hybridized carbons (Fsp3) is 0.360. The summed E-state index contributed by atoms with van der Waals surface area (Å²) in [4.78, 5) is 16.7. The summed E-state index contributed by atoms with van der Waals surface area (Å²) in [5.74, 6) is 0.143. The van der Waals surface area contributed by atoms with E-state index >= 15 is 0 Å². The minimum absolute atomic E-state index is 0.117. The maximum absolute atomic E-state index is 13.6. The molecule has 4 rings (SSSR count). The summed E-state index contributed by atoms with van der Waals surface area (Å²) in [6.45, 7) is 8.35. The van der Waals surface area contributed by atoms with E-state index in [1.165, 1.54) is 4.88 Å². The largest absolute Gasteiger partial charge is 0.384 e. The molecule has 2 N–H and O–H groups in total. The van der Waals surface area contributed by atoms with E-state index in [-0.39, 0.29) is 11.2 Å². The van der Waals surface area contributed by atoms with Crippen LogP contribution < -0.4 is 10.6 Å². The van der Waals surface area contributed by atoms with Crippen molar-refractivity contribution in [1.82, 2.24) is 0 Å². The third kappa shape index (κ3) is 3.60. The number of nitrogens with zero attached hydrogens (tertiary/aromatic N) is 2. The van der Waals surface area contributed by atoms with Crippen LogP contribution in [0.15, 0.2) is 57.2 Å². The molecule has 0 amide bonds. The predicted octanol–water partition coefficient (Wildman–Crippen LogP) is 6.03. The Bertz CT molecular complexity index is 1180. The maximum atomic E-state index is 13.6. The van der Waals surface area contributed by atoms with Crippen LogP contribution in [0.5, 0.6) is 0 Å².